The molecule has 0 bridgehead atoms. The van der Waals surface area contributed by atoms with E-state index < -0.39 is 52.7 Å². The van der Waals surface area contributed by atoms with Gasteiger partial charge in [0.1, 0.15) is 5.75 Å². The van der Waals surface area contributed by atoms with Crippen LogP contribution in [0.1, 0.15) is 45.7 Å². The summed E-state index contributed by atoms with van der Waals surface area (Å²) in [6.45, 7) is 9.70. The van der Waals surface area contributed by atoms with Gasteiger partial charge in [-0.05, 0) is 50.6 Å². The molecule has 0 amide bonds. The summed E-state index contributed by atoms with van der Waals surface area (Å²) in [6, 6.07) is 11.8. The van der Waals surface area contributed by atoms with Crippen LogP contribution >= 0.6 is 0 Å². The highest BCUT2D eigenvalue weighted by Crippen LogP contribution is 2.48. The van der Waals surface area contributed by atoms with Crippen LogP contribution in [0.5, 0.6) is 0 Å². The summed E-state index contributed by atoms with van der Waals surface area (Å²) in [7, 11) is -12.9. The topological polar surface area (TPSA) is 169 Å². The zero-order valence-corrected chi connectivity index (χ0v) is 28.7. The van der Waals surface area contributed by atoms with Crippen molar-refractivity contribution in [2.24, 2.45) is 0 Å². The molecule has 0 unspecified atom stereocenters. The molecule has 14 heteroatoms. The predicted molar refractivity (Wildman–Crippen MR) is 179 cm³/mol. The van der Waals surface area contributed by atoms with E-state index >= 15 is 0 Å². The van der Waals surface area contributed by atoms with Gasteiger partial charge >= 0.3 is 0 Å². The van der Waals surface area contributed by atoms with Crippen molar-refractivity contribution < 1.29 is 43.5 Å². The molecule has 0 saturated carbocycles. The zero-order chi connectivity index (χ0) is 34.3. The molecule has 248 valence electrons. The molecule has 46 heavy (non-hydrogen) atoms. The van der Waals surface area contributed by atoms with Crippen molar-refractivity contribution in [3.8, 4) is 0 Å². The number of rotatable bonds is 11. The van der Waals surface area contributed by atoms with E-state index in [0.717, 1.165) is 22.5 Å². The van der Waals surface area contributed by atoms with Gasteiger partial charge in [-0.1, -0.05) is 61.9 Å². The third-order valence-corrected chi connectivity index (χ3v) is 10.6. The quantitative estimate of drug-likeness (QED) is 0.169. The first-order valence-electron chi connectivity index (χ1n) is 14.4. The molecule has 3 N–H and O–H groups in total. The summed E-state index contributed by atoms with van der Waals surface area (Å²) >= 11 is 0. The van der Waals surface area contributed by atoms with E-state index in [1.54, 1.807) is 17.1 Å². The van der Waals surface area contributed by atoms with Crippen LogP contribution in [0, 0.1) is 0 Å². The van der Waals surface area contributed by atoms with Gasteiger partial charge in [0.2, 0.25) is 5.69 Å². The molecule has 0 fully saturated rings. The smallest absolute Gasteiger partial charge is 0.294 e. The normalized spacial score (nSPS) is 19.1. The summed E-state index contributed by atoms with van der Waals surface area (Å²) in [4.78, 5) is 1.43. The Morgan fingerprint density at radius 2 is 1.50 bits per heavy atom. The van der Waals surface area contributed by atoms with Crippen molar-refractivity contribution in [3.63, 3.8) is 0 Å². The zero-order valence-electron chi connectivity index (χ0n) is 26.2. The lowest BCUT2D eigenvalue weighted by Gasteiger charge is -2.26. The molecule has 0 atom stereocenters. The van der Waals surface area contributed by atoms with Crippen LogP contribution in [0.25, 0.3) is 0 Å². The van der Waals surface area contributed by atoms with Crippen LogP contribution in [0.3, 0.4) is 0 Å². The Bertz CT molecular complexity index is 2040. The molecular weight excluding hydrogens is 653 g/mol. The number of fused-ring (bicyclic) bond motifs is 2. The van der Waals surface area contributed by atoms with Crippen molar-refractivity contribution in [3.05, 3.63) is 101 Å². The molecule has 2 aliphatic rings. The predicted octanol–water partition coefficient (Wildman–Crippen LogP) is 4.83. The van der Waals surface area contributed by atoms with Crippen LogP contribution in [0.15, 0.2) is 95.1 Å². The molecule has 0 aromatic heterocycles. The van der Waals surface area contributed by atoms with Gasteiger partial charge in [-0.3, -0.25) is 13.7 Å². The Morgan fingerprint density at radius 1 is 0.848 bits per heavy atom. The standard InChI is InChI=1S/C32H38N2O9S3/c1-23(10-8-14-29-31(2,3)25-12-6-7-13-27(25)33(29)18-20-44(35,36)37)11-9-15-30-32(4,5)26-22-24(46(41,42)43)16-17-28(26)34(30)19-21-45(38,39)40/h6-17,22H,18-21H2,1-5H3,(H2-,35,36,37,38,39,40,41,42,43)/p+1. The second-order valence-electron chi connectivity index (χ2n) is 12.4. The summed E-state index contributed by atoms with van der Waals surface area (Å²) in [5, 5.41) is 0. The summed E-state index contributed by atoms with van der Waals surface area (Å²) in [6.07, 6.45) is 11.1. The number of anilines is 1. The lowest BCUT2D eigenvalue weighted by Crippen LogP contribution is -2.30. The summed E-state index contributed by atoms with van der Waals surface area (Å²) in [5.41, 5.74) is 4.25. The number of benzene rings is 2. The Kier molecular flexibility index (Phi) is 9.76. The minimum Gasteiger partial charge on any atom is -0.343 e. The van der Waals surface area contributed by atoms with Crippen LogP contribution in [0.2, 0.25) is 0 Å². The lowest BCUT2D eigenvalue weighted by atomic mass is 9.81. The maximum atomic E-state index is 11.8. The van der Waals surface area contributed by atoms with Crippen LogP contribution in [-0.2, 0) is 41.2 Å². The minimum atomic E-state index is -4.47. The van der Waals surface area contributed by atoms with Crippen molar-refractivity contribution >= 4 is 47.4 Å². The number of para-hydroxylation sites is 1. The maximum Gasteiger partial charge on any atom is 0.294 e. The van der Waals surface area contributed by atoms with Crippen molar-refractivity contribution in [2.45, 2.75) is 50.3 Å². The molecule has 2 aromatic carbocycles. The largest absolute Gasteiger partial charge is 0.343 e. The van der Waals surface area contributed by atoms with E-state index in [9.17, 15) is 38.9 Å². The molecule has 0 saturated heterocycles. The number of hydrogen-bond donors (Lipinski definition) is 3. The minimum absolute atomic E-state index is 0.0808. The Labute approximate surface area is 271 Å². The summed E-state index contributed by atoms with van der Waals surface area (Å²) in [5.74, 6) is -0.965. The van der Waals surface area contributed by atoms with Gasteiger partial charge in [0.15, 0.2) is 12.3 Å². The highest BCUT2D eigenvalue weighted by molar-refractivity contribution is 7.86. The third-order valence-electron chi connectivity index (χ3n) is 8.33. The van der Waals surface area contributed by atoms with E-state index in [2.05, 4.69) is 13.8 Å². The van der Waals surface area contributed by atoms with Crippen LogP contribution < -0.4 is 4.90 Å². The van der Waals surface area contributed by atoms with Crippen LogP contribution in [-0.4, -0.2) is 73.8 Å². The van der Waals surface area contributed by atoms with Gasteiger partial charge < -0.3 is 4.90 Å². The highest BCUT2D eigenvalue weighted by atomic mass is 32.2. The molecule has 2 heterocycles. The third kappa shape index (κ3) is 7.76. The molecular formula is C32H39N2O9S3+. The summed E-state index contributed by atoms with van der Waals surface area (Å²) < 4.78 is 100. The number of allylic oxidation sites excluding steroid dienone is 8. The Hall–Kier alpha value is -3.40. The van der Waals surface area contributed by atoms with E-state index in [-0.39, 0.29) is 18.0 Å². The van der Waals surface area contributed by atoms with Gasteiger partial charge in [-0.2, -0.15) is 29.8 Å². The molecule has 0 spiro atoms. The van der Waals surface area contributed by atoms with Gasteiger partial charge in [0, 0.05) is 41.1 Å². The van der Waals surface area contributed by atoms with Gasteiger partial charge in [0.05, 0.1) is 16.1 Å². The van der Waals surface area contributed by atoms with E-state index in [0.29, 0.717) is 16.9 Å². The average molecular weight is 692 g/mol. The Balaban J connectivity index is 1.65. The van der Waals surface area contributed by atoms with Crippen LogP contribution in [0.4, 0.5) is 11.4 Å². The second kappa shape index (κ2) is 12.7. The van der Waals surface area contributed by atoms with Gasteiger partial charge in [-0.25, -0.2) is 0 Å². The first-order valence-corrected chi connectivity index (χ1v) is 19.1. The van der Waals surface area contributed by atoms with Gasteiger partial charge in [-0.15, -0.1) is 0 Å². The molecule has 2 aromatic rings. The second-order valence-corrected chi connectivity index (χ2v) is 16.9. The van der Waals surface area contributed by atoms with E-state index in [4.69, 9.17) is 0 Å². The average Bonchev–Trinajstić information content (AvgIpc) is 3.28. The monoisotopic (exact) mass is 691 g/mol. The van der Waals surface area contributed by atoms with Crippen molar-refractivity contribution in [2.75, 3.05) is 29.5 Å². The maximum absolute atomic E-state index is 11.8. The first kappa shape index (κ1) is 35.5. The Morgan fingerprint density at radius 3 is 2.13 bits per heavy atom. The fourth-order valence-electron chi connectivity index (χ4n) is 5.99. The molecule has 0 aliphatic carbocycles. The fourth-order valence-corrected chi connectivity index (χ4v) is 7.32. The SMILES string of the molecule is CC(/C=C/C=C1/N(CCS(=O)(=O)O)c2ccc(S(=O)(=O)O)cc2C1(C)C)=C\C=C\C1=[N+](CCS(=O)(=O)O)c2ccccc2C1(C)C. The van der Waals surface area contributed by atoms with E-state index in [1.165, 1.54) is 18.2 Å². The molecule has 11 nitrogen and oxygen atoms in total. The first-order chi connectivity index (χ1) is 21.1. The fraction of sp³-hybridized carbons (Fsp3) is 0.344. The van der Waals surface area contributed by atoms with E-state index in [1.807, 2.05) is 73.9 Å². The number of nitrogens with zero attached hydrogens (tertiary/aromatic N) is 2. The molecule has 4 rings (SSSR count). The van der Waals surface area contributed by atoms with Gasteiger partial charge in [0.25, 0.3) is 30.4 Å². The molecule has 2 aliphatic heterocycles. The van der Waals surface area contributed by atoms with Crippen molar-refractivity contribution in [1.82, 2.24) is 0 Å². The highest BCUT2D eigenvalue weighted by Gasteiger charge is 2.44. The lowest BCUT2D eigenvalue weighted by molar-refractivity contribution is -0.432. The molecule has 0 radical (unpaired) electrons. The van der Waals surface area contributed by atoms with Crippen molar-refractivity contribution in [1.29, 1.82) is 0 Å². The number of hydrogen-bond acceptors (Lipinski definition) is 7.